The predicted octanol–water partition coefficient (Wildman–Crippen LogP) is 1.73. The zero-order chi connectivity index (χ0) is 11.4. The molecule has 1 saturated carbocycles. The van der Waals surface area contributed by atoms with Crippen LogP contribution in [0.2, 0.25) is 0 Å². The Hall–Kier alpha value is -1.58. The van der Waals surface area contributed by atoms with Gasteiger partial charge in [-0.2, -0.15) is 0 Å². The van der Waals surface area contributed by atoms with E-state index in [4.69, 9.17) is 5.73 Å². The Balaban J connectivity index is 1.94. The summed E-state index contributed by atoms with van der Waals surface area (Å²) in [6.07, 6.45) is 7.42. The lowest BCUT2D eigenvalue weighted by Gasteiger charge is -2.22. The third kappa shape index (κ3) is 2.72. The SMILES string of the molecule is Nc1ccc(C(=O)NC2CCCCC2)cn1. The summed E-state index contributed by atoms with van der Waals surface area (Å²) in [6, 6.07) is 3.69. The van der Waals surface area contributed by atoms with E-state index in [1.165, 1.54) is 25.5 Å². The molecule has 4 heteroatoms. The van der Waals surface area contributed by atoms with Gasteiger partial charge in [0.25, 0.3) is 5.91 Å². The Bertz CT molecular complexity index is 355. The van der Waals surface area contributed by atoms with E-state index in [2.05, 4.69) is 10.3 Å². The van der Waals surface area contributed by atoms with Crippen molar-refractivity contribution in [2.75, 3.05) is 5.73 Å². The number of pyridine rings is 1. The highest BCUT2D eigenvalue weighted by atomic mass is 16.1. The number of aromatic nitrogens is 1. The van der Waals surface area contributed by atoms with Crippen molar-refractivity contribution in [2.24, 2.45) is 0 Å². The van der Waals surface area contributed by atoms with Crippen LogP contribution in [0.5, 0.6) is 0 Å². The van der Waals surface area contributed by atoms with Crippen molar-refractivity contribution < 1.29 is 4.79 Å². The average Bonchev–Trinajstić information content (AvgIpc) is 2.31. The Kier molecular flexibility index (Phi) is 3.39. The van der Waals surface area contributed by atoms with Crippen LogP contribution in [-0.2, 0) is 0 Å². The number of nitrogens with one attached hydrogen (secondary N) is 1. The first-order valence-electron chi connectivity index (χ1n) is 5.78. The fourth-order valence-corrected chi connectivity index (χ4v) is 2.06. The van der Waals surface area contributed by atoms with Gasteiger partial charge in [-0.25, -0.2) is 4.98 Å². The van der Waals surface area contributed by atoms with E-state index in [-0.39, 0.29) is 5.91 Å². The molecule has 1 heterocycles. The monoisotopic (exact) mass is 219 g/mol. The van der Waals surface area contributed by atoms with E-state index in [1.54, 1.807) is 12.1 Å². The van der Waals surface area contributed by atoms with Gasteiger partial charge >= 0.3 is 0 Å². The van der Waals surface area contributed by atoms with Crippen LogP contribution in [0.4, 0.5) is 5.82 Å². The largest absolute Gasteiger partial charge is 0.384 e. The topological polar surface area (TPSA) is 68.0 Å². The molecule has 0 bridgehead atoms. The predicted molar refractivity (Wildman–Crippen MR) is 63.0 cm³/mol. The number of hydrogen-bond donors (Lipinski definition) is 2. The number of nitrogen functional groups attached to an aromatic ring is 1. The lowest BCUT2D eigenvalue weighted by molar-refractivity contribution is 0.0927. The zero-order valence-corrected chi connectivity index (χ0v) is 9.28. The molecule has 1 aromatic heterocycles. The highest BCUT2D eigenvalue weighted by molar-refractivity contribution is 5.94. The summed E-state index contributed by atoms with van der Waals surface area (Å²) in [7, 11) is 0. The molecule has 16 heavy (non-hydrogen) atoms. The summed E-state index contributed by atoms with van der Waals surface area (Å²) in [5.41, 5.74) is 6.05. The number of carbonyl (C=O) groups is 1. The molecule has 0 spiro atoms. The van der Waals surface area contributed by atoms with Crippen LogP contribution in [0.15, 0.2) is 18.3 Å². The maximum atomic E-state index is 11.8. The molecule has 0 atom stereocenters. The average molecular weight is 219 g/mol. The second-order valence-electron chi connectivity index (χ2n) is 4.28. The normalized spacial score (nSPS) is 17.0. The summed E-state index contributed by atoms with van der Waals surface area (Å²) < 4.78 is 0. The van der Waals surface area contributed by atoms with Crippen molar-refractivity contribution in [3.63, 3.8) is 0 Å². The van der Waals surface area contributed by atoms with Crippen LogP contribution in [-0.4, -0.2) is 16.9 Å². The molecule has 0 unspecified atom stereocenters. The maximum Gasteiger partial charge on any atom is 0.253 e. The van der Waals surface area contributed by atoms with E-state index in [0.717, 1.165) is 12.8 Å². The number of carbonyl (C=O) groups excluding carboxylic acids is 1. The van der Waals surface area contributed by atoms with Gasteiger partial charge in [-0.15, -0.1) is 0 Å². The molecule has 1 aliphatic carbocycles. The molecule has 0 aromatic carbocycles. The number of amides is 1. The Labute approximate surface area is 95.3 Å². The van der Waals surface area contributed by atoms with Crippen molar-refractivity contribution in [3.05, 3.63) is 23.9 Å². The third-order valence-electron chi connectivity index (χ3n) is 2.99. The molecule has 1 amide bonds. The van der Waals surface area contributed by atoms with Gasteiger partial charge in [0.2, 0.25) is 0 Å². The molecule has 4 nitrogen and oxygen atoms in total. The van der Waals surface area contributed by atoms with Crippen molar-refractivity contribution in [1.29, 1.82) is 0 Å². The molecule has 3 N–H and O–H groups in total. The van der Waals surface area contributed by atoms with Crippen LogP contribution in [0.1, 0.15) is 42.5 Å². The van der Waals surface area contributed by atoms with Crippen LogP contribution < -0.4 is 11.1 Å². The molecule has 1 fully saturated rings. The van der Waals surface area contributed by atoms with Crippen molar-refractivity contribution in [3.8, 4) is 0 Å². The highest BCUT2D eigenvalue weighted by Crippen LogP contribution is 2.17. The fourth-order valence-electron chi connectivity index (χ4n) is 2.06. The Morgan fingerprint density at radius 3 is 2.69 bits per heavy atom. The molecule has 0 aliphatic heterocycles. The summed E-state index contributed by atoms with van der Waals surface area (Å²) in [4.78, 5) is 15.7. The minimum absolute atomic E-state index is 0.0422. The summed E-state index contributed by atoms with van der Waals surface area (Å²) in [5.74, 6) is 0.397. The first kappa shape index (κ1) is 10.9. The lowest BCUT2D eigenvalue weighted by atomic mass is 9.95. The van der Waals surface area contributed by atoms with Crippen LogP contribution in [0.3, 0.4) is 0 Å². The van der Waals surface area contributed by atoms with E-state index < -0.39 is 0 Å². The van der Waals surface area contributed by atoms with E-state index in [1.807, 2.05) is 0 Å². The minimum atomic E-state index is -0.0422. The Morgan fingerprint density at radius 1 is 1.31 bits per heavy atom. The zero-order valence-electron chi connectivity index (χ0n) is 9.28. The molecule has 2 rings (SSSR count). The molecule has 1 aliphatic rings. The van der Waals surface area contributed by atoms with Gasteiger partial charge in [0.15, 0.2) is 0 Å². The molecular weight excluding hydrogens is 202 g/mol. The standard InChI is InChI=1S/C12H17N3O/c13-11-7-6-9(8-14-11)12(16)15-10-4-2-1-3-5-10/h6-8,10H,1-5H2,(H2,13,14)(H,15,16). The molecule has 1 aromatic rings. The lowest BCUT2D eigenvalue weighted by Crippen LogP contribution is -2.36. The van der Waals surface area contributed by atoms with Gasteiger partial charge in [-0.05, 0) is 25.0 Å². The van der Waals surface area contributed by atoms with Crippen LogP contribution >= 0.6 is 0 Å². The van der Waals surface area contributed by atoms with E-state index in [0.29, 0.717) is 17.4 Å². The van der Waals surface area contributed by atoms with E-state index >= 15 is 0 Å². The van der Waals surface area contributed by atoms with Gasteiger partial charge in [0.05, 0.1) is 5.56 Å². The number of anilines is 1. The van der Waals surface area contributed by atoms with Gasteiger partial charge in [0.1, 0.15) is 5.82 Å². The Morgan fingerprint density at radius 2 is 2.06 bits per heavy atom. The second-order valence-corrected chi connectivity index (χ2v) is 4.28. The van der Waals surface area contributed by atoms with Gasteiger partial charge in [-0.1, -0.05) is 19.3 Å². The first-order chi connectivity index (χ1) is 7.75. The number of rotatable bonds is 2. The first-order valence-corrected chi connectivity index (χ1v) is 5.78. The molecular formula is C12H17N3O. The summed E-state index contributed by atoms with van der Waals surface area (Å²) in [6.45, 7) is 0. The molecule has 0 saturated heterocycles. The van der Waals surface area contributed by atoms with Gasteiger partial charge < -0.3 is 11.1 Å². The fraction of sp³-hybridized carbons (Fsp3) is 0.500. The van der Waals surface area contributed by atoms with Crippen molar-refractivity contribution >= 4 is 11.7 Å². The molecule has 86 valence electrons. The summed E-state index contributed by atoms with van der Waals surface area (Å²) in [5, 5.41) is 3.03. The van der Waals surface area contributed by atoms with Crippen LogP contribution in [0.25, 0.3) is 0 Å². The number of nitrogens with two attached hydrogens (primary N) is 1. The van der Waals surface area contributed by atoms with E-state index in [9.17, 15) is 4.79 Å². The number of nitrogens with zero attached hydrogens (tertiary/aromatic N) is 1. The minimum Gasteiger partial charge on any atom is -0.384 e. The highest BCUT2D eigenvalue weighted by Gasteiger charge is 2.16. The smallest absolute Gasteiger partial charge is 0.253 e. The maximum absolute atomic E-state index is 11.8. The number of hydrogen-bond acceptors (Lipinski definition) is 3. The molecule has 0 radical (unpaired) electrons. The second kappa shape index (κ2) is 4.96. The van der Waals surface area contributed by atoms with Crippen molar-refractivity contribution in [2.45, 2.75) is 38.1 Å². The third-order valence-corrected chi connectivity index (χ3v) is 2.99. The van der Waals surface area contributed by atoms with Gasteiger partial charge in [-0.3, -0.25) is 4.79 Å². The van der Waals surface area contributed by atoms with Crippen LogP contribution in [0, 0.1) is 0 Å². The van der Waals surface area contributed by atoms with Gasteiger partial charge in [0, 0.05) is 12.2 Å². The quantitative estimate of drug-likeness (QED) is 0.796. The van der Waals surface area contributed by atoms with Crippen molar-refractivity contribution in [1.82, 2.24) is 10.3 Å². The summed E-state index contributed by atoms with van der Waals surface area (Å²) >= 11 is 0.